The first-order valence-electron chi connectivity index (χ1n) is 8.38. The molecule has 8 heteroatoms. The molecule has 1 aromatic carbocycles. The molecule has 0 aliphatic carbocycles. The molecule has 0 saturated heterocycles. The number of benzene rings is 1. The molecule has 2 N–H and O–H groups in total. The van der Waals surface area contributed by atoms with E-state index in [0.29, 0.717) is 28.1 Å². The minimum atomic E-state index is -0.485. The van der Waals surface area contributed by atoms with E-state index in [1.54, 1.807) is 29.5 Å². The number of amides is 1. The molecule has 8 nitrogen and oxygen atoms in total. The number of carbonyl (C=O) groups is 1. The molecule has 3 aromatic heterocycles. The maximum atomic E-state index is 12.7. The number of rotatable bonds is 4. The smallest absolute Gasteiger partial charge is 0.257 e. The number of hydrogen-bond acceptors (Lipinski definition) is 5. The largest absolute Gasteiger partial charge is 0.497 e. The summed E-state index contributed by atoms with van der Waals surface area (Å²) in [6.45, 7) is 1.79. The summed E-state index contributed by atoms with van der Waals surface area (Å²) in [5.74, 6) is 0.646. The highest BCUT2D eigenvalue weighted by Crippen LogP contribution is 2.17. The van der Waals surface area contributed by atoms with Gasteiger partial charge < -0.3 is 15.0 Å². The lowest BCUT2D eigenvalue weighted by atomic mass is 10.1. The fourth-order valence-electron chi connectivity index (χ4n) is 2.99. The van der Waals surface area contributed by atoms with E-state index in [9.17, 15) is 9.59 Å². The number of aromatic nitrogens is 4. The Kier molecular flexibility index (Phi) is 4.08. The Labute approximate surface area is 153 Å². The zero-order valence-electron chi connectivity index (χ0n) is 14.8. The van der Waals surface area contributed by atoms with E-state index in [0.717, 1.165) is 0 Å². The molecule has 0 fully saturated rings. The second-order valence-electron chi connectivity index (χ2n) is 6.13. The van der Waals surface area contributed by atoms with Gasteiger partial charge in [-0.25, -0.2) is 0 Å². The quantitative estimate of drug-likeness (QED) is 0.578. The Morgan fingerprint density at radius 3 is 2.93 bits per heavy atom. The number of carbonyl (C=O) groups excluding carboxylic acids is 1. The average Bonchev–Trinajstić information content (AvgIpc) is 3.12. The van der Waals surface area contributed by atoms with Gasteiger partial charge in [-0.3, -0.25) is 14.0 Å². The van der Waals surface area contributed by atoms with Gasteiger partial charge in [0.15, 0.2) is 11.5 Å². The zero-order valence-corrected chi connectivity index (χ0v) is 14.8. The van der Waals surface area contributed by atoms with Gasteiger partial charge in [-0.05, 0) is 37.3 Å². The number of ether oxygens (including phenoxy) is 1. The summed E-state index contributed by atoms with van der Waals surface area (Å²) in [5.41, 5.74) is 0.980. The van der Waals surface area contributed by atoms with Crippen molar-refractivity contribution in [1.82, 2.24) is 24.9 Å². The van der Waals surface area contributed by atoms with Crippen LogP contribution in [0.15, 0.2) is 53.6 Å². The van der Waals surface area contributed by atoms with E-state index in [-0.39, 0.29) is 11.0 Å². The van der Waals surface area contributed by atoms with E-state index < -0.39 is 11.9 Å². The molecular formula is C19H17N5O3. The first kappa shape index (κ1) is 16.8. The van der Waals surface area contributed by atoms with Gasteiger partial charge in [-0.15, -0.1) is 10.2 Å². The van der Waals surface area contributed by atoms with Crippen molar-refractivity contribution in [1.29, 1.82) is 0 Å². The van der Waals surface area contributed by atoms with Gasteiger partial charge in [-0.1, -0.05) is 6.07 Å². The Balaban J connectivity index is 1.66. The number of nitrogens with one attached hydrogen (secondary N) is 2. The Morgan fingerprint density at radius 2 is 2.11 bits per heavy atom. The van der Waals surface area contributed by atoms with Crippen LogP contribution < -0.4 is 15.5 Å². The fourth-order valence-corrected chi connectivity index (χ4v) is 2.99. The second kappa shape index (κ2) is 6.56. The lowest BCUT2D eigenvalue weighted by Crippen LogP contribution is -2.32. The molecule has 27 heavy (non-hydrogen) atoms. The maximum absolute atomic E-state index is 12.7. The predicted molar refractivity (Wildman–Crippen MR) is 100.0 cm³/mol. The molecule has 1 atom stereocenters. The number of methoxy groups -OCH3 is 1. The van der Waals surface area contributed by atoms with Crippen LogP contribution in [0.1, 0.15) is 29.1 Å². The molecule has 0 radical (unpaired) electrons. The molecule has 0 spiro atoms. The highest BCUT2D eigenvalue weighted by Gasteiger charge is 2.19. The van der Waals surface area contributed by atoms with Gasteiger partial charge in [0.25, 0.3) is 5.91 Å². The third kappa shape index (κ3) is 2.91. The summed E-state index contributed by atoms with van der Waals surface area (Å²) in [6, 6.07) is 10.2. The molecule has 0 bridgehead atoms. The summed E-state index contributed by atoms with van der Waals surface area (Å²) in [5, 5.41) is 11.4. The Morgan fingerprint density at radius 1 is 1.26 bits per heavy atom. The second-order valence-corrected chi connectivity index (χ2v) is 6.13. The summed E-state index contributed by atoms with van der Waals surface area (Å²) < 4.78 is 6.95. The fraction of sp³-hybridized carbons (Fsp3) is 0.158. The molecule has 4 aromatic rings. The monoisotopic (exact) mass is 363 g/mol. The van der Waals surface area contributed by atoms with E-state index in [2.05, 4.69) is 20.5 Å². The van der Waals surface area contributed by atoms with Crippen LogP contribution in [0.3, 0.4) is 0 Å². The van der Waals surface area contributed by atoms with Crippen LogP contribution in [0.4, 0.5) is 0 Å². The molecule has 1 unspecified atom stereocenters. The summed E-state index contributed by atoms with van der Waals surface area (Å²) >= 11 is 0. The molecule has 3 heterocycles. The molecule has 1 amide bonds. The van der Waals surface area contributed by atoms with Gasteiger partial charge in [0, 0.05) is 23.3 Å². The van der Waals surface area contributed by atoms with E-state index in [4.69, 9.17) is 4.74 Å². The van der Waals surface area contributed by atoms with Gasteiger partial charge in [0.1, 0.15) is 11.3 Å². The number of hydrogen-bond donors (Lipinski definition) is 2. The summed E-state index contributed by atoms with van der Waals surface area (Å²) in [6.07, 6.45) is 3.24. The molecule has 136 valence electrons. The third-order valence-corrected chi connectivity index (χ3v) is 4.41. The molecule has 0 aliphatic rings. The normalized spacial score (nSPS) is 12.2. The minimum absolute atomic E-state index is 0.0245. The highest BCUT2D eigenvalue weighted by molar-refractivity contribution is 5.97. The average molecular weight is 363 g/mol. The third-order valence-electron chi connectivity index (χ3n) is 4.41. The van der Waals surface area contributed by atoms with Crippen molar-refractivity contribution in [3.8, 4) is 5.75 Å². The minimum Gasteiger partial charge on any atom is -0.497 e. The topological polar surface area (TPSA) is 101 Å². The van der Waals surface area contributed by atoms with Crippen LogP contribution >= 0.6 is 0 Å². The van der Waals surface area contributed by atoms with E-state index in [1.165, 1.54) is 13.3 Å². The van der Waals surface area contributed by atoms with Crippen molar-refractivity contribution in [2.75, 3.05) is 7.11 Å². The standard InChI is InChI=1S/C19H17N5O3/c1-11(18-23-22-16-5-3-4-8-24(16)18)21-19(26)14-10-20-15-7-6-12(27-2)9-13(15)17(14)25/h3-11H,1-2H3,(H,20,25)(H,21,26). The molecule has 0 saturated carbocycles. The van der Waals surface area contributed by atoms with E-state index >= 15 is 0 Å². The summed E-state index contributed by atoms with van der Waals surface area (Å²) in [7, 11) is 1.52. The lowest BCUT2D eigenvalue weighted by Gasteiger charge is -2.12. The number of H-pyrrole nitrogens is 1. The first-order valence-corrected chi connectivity index (χ1v) is 8.38. The molecule has 4 rings (SSSR count). The predicted octanol–water partition coefficient (Wildman–Crippen LogP) is 2.07. The van der Waals surface area contributed by atoms with Crippen molar-refractivity contribution >= 4 is 22.5 Å². The van der Waals surface area contributed by atoms with Crippen molar-refractivity contribution < 1.29 is 9.53 Å². The number of aromatic amines is 1. The van der Waals surface area contributed by atoms with Crippen molar-refractivity contribution in [3.63, 3.8) is 0 Å². The van der Waals surface area contributed by atoms with Crippen molar-refractivity contribution in [3.05, 3.63) is 70.4 Å². The lowest BCUT2D eigenvalue weighted by molar-refractivity contribution is 0.0937. The van der Waals surface area contributed by atoms with Crippen LogP contribution in [-0.4, -0.2) is 32.6 Å². The molecule has 0 aliphatic heterocycles. The SMILES string of the molecule is COc1ccc2[nH]cc(C(=O)NC(C)c3nnc4ccccn34)c(=O)c2c1. The van der Waals surface area contributed by atoms with Crippen LogP contribution in [-0.2, 0) is 0 Å². The zero-order chi connectivity index (χ0) is 19.0. The first-order chi connectivity index (χ1) is 13.1. The number of nitrogens with zero attached hydrogens (tertiary/aromatic N) is 3. The number of pyridine rings is 2. The maximum Gasteiger partial charge on any atom is 0.257 e. The van der Waals surface area contributed by atoms with Crippen LogP contribution in [0.25, 0.3) is 16.6 Å². The molecular weight excluding hydrogens is 346 g/mol. The van der Waals surface area contributed by atoms with Gasteiger partial charge >= 0.3 is 0 Å². The Hall–Kier alpha value is -3.68. The van der Waals surface area contributed by atoms with E-state index in [1.807, 2.05) is 24.4 Å². The van der Waals surface area contributed by atoms with Gasteiger partial charge in [-0.2, -0.15) is 0 Å². The van der Waals surface area contributed by atoms with Crippen LogP contribution in [0.2, 0.25) is 0 Å². The van der Waals surface area contributed by atoms with Crippen LogP contribution in [0.5, 0.6) is 5.75 Å². The van der Waals surface area contributed by atoms with Crippen molar-refractivity contribution in [2.24, 2.45) is 0 Å². The Bertz CT molecular complexity index is 1210. The van der Waals surface area contributed by atoms with Crippen LogP contribution in [0, 0.1) is 0 Å². The van der Waals surface area contributed by atoms with Gasteiger partial charge in [0.2, 0.25) is 5.43 Å². The van der Waals surface area contributed by atoms with Crippen molar-refractivity contribution in [2.45, 2.75) is 13.0 Å². The number of fused-ring (bicyclic) bond motifs is 2. The summed E-state index contributed by atoms with van der Waals surface area (Å²) in [4.78, 5) is 28.4. The highest BCUT2D eigenvalue weighted by atomic mass is 16.5. The van der Waals surface area contributed by atoms with Gasteiger partial charge in [0.05, 0.1) is 13.2 Å².